The molecule has 1 aliphatic heterocycles. The lowest BCUT2D eigenvalue weighted by Gasteiger charge is -2.30. The number of ether oxygens (including phenoxy) is 1. The Labute approximate surface area is 167 Å². The summed E-state index contributed by atoms with van der Waals surface area (Å²) in [5, 5.41) is 7.71. The molecule has 0 aliphatic carbocycles. The third kappa shape index (κ3) is 4.70. The molecule has 152 valence electrons. The number of aromatic nitrogens is 3. The van der Waals surface area contributed by atoms with Crippen LogP contribution in [0.1, 0.15) is 54.2 Å². The number of carbonyl (C=O) groups is 1. The van der Waals surface area contributed by atoms with Crippen molar-refractivity contribution in [2.75, 3.05) is 20.3 Å². The summed E-state index contributed by atoms with van der Waals surface area (Å²) in [4.78, 5) is 19.2. The molecule has 7 nitrogen and oxygen atoms in total. The highest BCUT2D eigenvalue weighted by atomic mass is 16.5. The average molecular weight is 386 g/mol. The van der Waals surface area contributed by atoms with Crippen LogP contribution in [0.3, 0.4) is 0 Å². The summed E-state index contributed by atoms with van der Waals surface area (Å²) in [5.41, 5.74) is 4.28. The summed E-state index contributed by atoms with van der Waals surface area (Å²) in [6.45, 7) is 6.64. The van der Waals surface area contributed by atoms with Crippen LogP contribution in [0.2, 0.25) is 0 Å². The van der Waals surface area contributed by atoms with Crippen LogP contribution in [-0.2, 0) is 17.8 Å². The van der Waals surface area contributed by atoms with E-state index in [1.165, 1.54) is 0 Å². The lowest BCUT2D eigenvalue weighted by atomic mass is 10.0. The highest BCUT2D eigenvalue weighted by Crippen LogP contribution is 2.29. The number of carbonyl (C=O) groups excluding carboxylic acids is 1. The van der Waals surface area contributed by atoms with Gasteiger partial charge in [0.05, 0.1) is 24.9 Å². The van der Waals surface area contributed by atoms with Crippen molar-refractivity contribution >= 4 is 6.03 Å². The van der Waals surface area contributed by atoms with Gasteiger partial charge in [-0.25, -0.2) is 4.79 Å². The van der Waals surface area contributed by atoms with Crippen LogP contribution in [0.25, 0.3) is 0 Å². The van der Waals surface area contributed by atoms with E-state index in [2.05, 4.69) is 15.4 Å². The largest absolute Gasteiger partial charge is 0.383 e. The molecule has 7 heteroatoms. The third-order valence-corrected chi connectivity index (χ3v) is 5.56. The van der Waals surface area contributed by atoms with Crippen LogP contribution >= 0.6 is 0 Å². The number of pyridine rings is 1. The molecule has 1 unspecified atom stereocenters. The smallest absolute Gasteiger partial charge is 0.318 e. The molecule has 0 bridgehead atoms. The van der Waals surface area contributed by atoms with Gasteiger partial charge >= 0.3 is 6.03 Å². The van der Waals surface area contributed by atoms with Crippen molar-refractivity contribution in [3.8, 4) is 0 Å². The number of hydrogen-bond donors (Lipinski definition) is 1. The van der Waals surface area contributed by atoms with Crippen molar-refractivity contribution in [2.24, 2.45) is 0 Å². The van der Waals surface area contributed by atoms with Crippen LogP contribution in [-0.4, -0.2) is 46.0 Å². The maximum atomic E-state index is 13.1. The molecule has 1 N–H and O–H groups in total. The van der Waals surface area contributed by atoms with E-state index >= 15 is 0 Å². The van der Waals surface area contributed by atoms with Crippen molar-refractivity contribution in [3.05, 3.63) is 47.0 Å². The van der Waals surface area contributed by atoms with E-state index in [-0.39, 0.29) is 12.1 Å². The number of methoxy groups -OCH3 is 1. The molecule has 3 heterocycles. The fourth-order valence-corrected chi connectivity index (χ4v) is 3.93. The molecule has 1 saturated heterocycles. The van der Waals surface area contributed by atoms with E-state index in [0.29, 0.717) is 19.7 Å². The van der Waals surface area contributed by atoms with Crippen LogP contribution in [0, 0.1) is 13.8 Å². The minimum Gasteiger partial charge on any atom is -0.383 e. The normalized spacial score (nSPS) is 17.4. The Morgan fingerprint density at radius 3 is 2.79 bits per heavy atom. The Balaban J connectivity index is 1.70. The van der Waals surface area contributed by atoms with E-state index in [1.807, 2.05) is 35.6 Å². The standard InChI is InChI=1S/C21H31N5O2/c1-16-19(17(2)26(24-16)13-14-28-3)15-23-21(27)25-12-6-4-5-7-20(25)18-8-10-22-11-9-18/h8-11,20H,4-7,12-15H2,1-3H3,(H,23,27). The van der Waals surface area contributed by atoms with Gasteiger partial charge in [0.15, 0.2) is 0 Å². The first kappa shape index (κ1) is 20.3. The first-order valence-electron chi connectivity index (χ1n) is 10.1. The fourth-order valence-electron chi connectivity index (χ4n) is 3.93. The molecular formula is C21H31N5O2. The molecule has 28 heavy (non-hydrogen) atoms. The number of hydrogen-bond acceptors (Lipinski definition) is 4. The summed E-state index contributed by atoms with van der Waals surface area (Å²) in [5.74, 6) is 0. The number of nitrogens with zero attached hydrogens (tertiary/aromatic N) is 4. The fraction of sp³-hybridized carbons (Fsp3) is 0.571. The van der Waals surface area contributed by atoms with Gasteiger partial charge in [-0.05, 0) is 44.4 Å². The summed E-state index contributed by atoms with van der Waals surface area (Å²) >= 11 is 0. The molecule has 0 spiro atoms. The van der Waals surface area contributed by atoms with Crippen LogP contribution in [0.4, 0.5) is 4.79 Å². The zero-order valence-electron chi connectivity index (χ0n) is 17.1. The monoisotopic (exact) mass is 385 g/mol. The number of nitrogens with one attached hydrogen (secondary N) is 1. The second-order valence-electron chi connectivity index (χ2n) is 7.36. The average Bonchev–Trinajstić information content (AvgIpc) is 2.88. The zero-order valence-corrected chi connectivity index (χ0v) is 17.1. The maximum Gasteiger partial charge on any atom is 0.318 e. The highest BCUT2D eigenvalue weighted by Gasteiger charge is 2.27. The molecule has 0 saturated carbocycles. The SMILES string of the molecule is COCCn1nc(C)c(CNC(=O)N2CCCCCC2c2ccncc2)c1C. The Kier molecular flexibility index (Phi) is 7.03. The molecule has 2 aromatic heterocycles. The van der Waals surface area contributed by atoms with E-state index in [1.54, 1.807) is 19.5 Å². The van der Waals surface area contributed by atoms with Crippen LogP contribution in [0.5, 0.6) is 0 Å². The van der Waals surface area contributed by atoms with Gasteiger partial charge in [-0.1, -0.05) is 12.8 Å². The first-order valence-corrected chi connectivity index (χ1v) is 10.1. The first-order chi connectivity index (χ1) is 13.6. The number of likely N-dealkylation sites (tertiary alicyclic amines) is 1. The lowest BCUT2D eigenvalue weighted by molar-refractivity contribution is 0.175. The molecule has 2 amide bonds. The van der Waals surface area contributed by atoms with Crippen molar-refractivity contribution < 1.29 is 9.53 Å². The van der Waals surface area contributed by atoms with Crippen molar-refractivity contribution in [3.63, 3.8) is 0 Å². The number of aryl methyl sites for hydroxylation is 1. The number of urea groups is 1. The molecule has 1 atom stereocenters. The van der Waals surface area contributed by atoms with Gasteiger partial charge < -0.3 is 15.0 Å². The van der Waals surface area contributed by atoms with Gasteiger partial charge in [0.2, 0.25) is 0 Å². The topological polar surface area (TPSA) is 72.3 Å². The van der Waals surface area contributed by atoms with Gasteiger partial charge in [0, 0.05) is 43.9 Å². The van der Waals surface area contributed by atoms with Gasteiger partial charge in [-0.3, -0.25) is 9.67 Å². The summed E-state index contributed by atoms with van der Waals surface area (Å²) in [6.07, 6.45) is 7.94. The predicted octanol–water partition coefficient (Wildman–Crippen LogP) is 3.37. The lowest BCUT2D eigenvalue weighted by Crippen LogP contribution is -2.42. The molecular weight excluding hydrogens is 354 g/mol. The molecule has 1 aliphatic rings. The van der Waals surface area contributed by atoms with Crippen molar-refractivity contribution in [1.29, 1.82) is 0 Å². The quantitative estimate of drug-likeness (QED) is 0.827. The molecule has 0 aromatic carbocycles. The Hall–Kier alpha value is -2.41. The Morgan fingerprint density at radius 2 is 2.04 bits per heavy atom. The summed E-state index contributed by atoms with van der Waals surface area (Å²) in [6, 6.07) is 4.14. The van der Waals surface area contributed by atoms with E-state index < -0.39 is 0 Å². The second kappa shape index (κ2) is 9.68. The Morgan fingerprint density at radius 1 is 1.25 bits per heavy atom. The predicted molar refractivity (Wildman–Crippen MR) is 108 cm³/mol. The van der Waals surface area contributed by atoms with Crippen LogP contribution < -0.4 is 5.32 Å². The molecule has 0 radical (unpaired) electrons. The van der Waals surface area contributed by atoms with Gasteiger partial charge in [0.1, 0.15) is 0 Å². The van der Waals surface area contributed by atoms with Crippen LogP contribution in [0.15, 0.2) is 24.5 Å². The molecule has 1 fully saturated rings. The van der Waals surface area contributed by atoms with E-state index in [4.69, 9.17) is 4.74 Å². The molecule has 2 aromatic rings. The van der Waals surface area contributed by atoms with Crippen molar-refractivity contribution in [1.82, 2.24) is 25.0 Å². The number of rotatable bonds is 6. The summed E-state index contributed by atoms with van der Waals surface area (Å²) < 4.78 is 7.10. The van der Waals surface area contributed by atoms with Crippen molar-refractivity contribution in [2.45, 2.75) is 58.7 Å². The third-order valence-electron chi connectivity index (χ3n) is 5.56. The second-order valence-corrected chi connectivity index (χ2v) is 7.36. The van der Waals surface area contributed by atoms with Gasteiger partial charge in [-0.15, -0.1) is 0 Å². The minimum atomic E-state index is -0.00727. The van der Waals surface area contributed by atoms with Gasteiger partial charge in [-0.2, -0.15) is 5.10 Å². The summed E-state index contributed by atoms with van der Waals surface area (Å²) in [7, 11) is 1.69. The highest BCUT2D eigenvalue weighted by molar-refractivity contribution is 5.75. The number of amides is 2. The maximum absolute atomic E-state index is 13.1. The van der Waals surface area contributed by atoms with Gasteiger partial charge in [0.25, 0.3) is 0 Å². The zero-order chi connectivity index (χ0) is 19.9. The Bertz CT molecular complexity index is 775. The minimum absolute atomic E-state index is 0.00727. The van der Waals surface area contributed by atoms with E-state index in [0.717, 1.165) is 54.7 Å². The molecule has 3 rings (SSSR count). The van der Waals surface area contributed by atoms with E-state index in [9.17, 15) is 4.79 Å².